The summed E-state index contributed by atoms with van der Waals surface area (Å²) in [7, 11) is 0. The van der Waals surface area contributed by atoms with E-state index < -0.39 is 16.6 Å². The van der Waals surface area contributed by atoms with Crippen molar-refractivity contribution in [1.82, 2.24) is 10.3 Å². The molecule has 1 heterocycles. The molecule has 0 saturated heterocycles. The summed E-state index contributed by atoms with van der Waals surface area (Å²) >= 11 is 5.89. The van der Waals surface area contributed by atoms with Gasteiger partial charge in [-0.2, -0.15) is 0 Å². The van der Waals surface area contributed by atoms with Crippen LogP contribution in [0.2, 0.25) is 5.15 Å². The Kier molecular flexibility index (Phi) is 5.71. The molecule has 0 spiro atoms. The number of nitro groups is 1. The Balaban J connectivity index is 2.75. The van der Waals surface area contributed by atoms with E-state index in [0.29, 0.717) is 0 Å². The van der Waals surface area contributed by atoms with Gasteiger partial charge in [0.15, 0.2) is 0 Å². The maximum Gasteiger partial charge on any atom is 0.408 e. The topological polar surface area (TPSA) is 94.4 Å². The monoisotopic (exact) mass is 325 g/mol. The van der Waals surface area contributed by atoms with Crippen molar-refractivity contribution in [3.8, 4) is 11.8 Å². The largest absolute Gasteiger partial charge is 0.444 e. The molecule has 1 amide bonds. The molecule has 0 fully saturated rings. The van der Waals surface area contributed by atoms with E-state index in [-0.39, 0.29) is 28.6 Å². The van der Waals surface area contributed by atoms with Gasteiger partial charge in [0, 0.05) is 6.07 Å². The van der Waals surface area contributed by atoms with Crippen LogP contribution in [0.25, 0.3) is 0 Å². The van der Waals surface area contributed by atoms with Crippen LogP contribution >= 0.6 is 11.6 Å². The molecule has 0 unspecified atom stereocenters. The van der Waals surface area contributed by atoms with Crippen molar-refractivity contribution in [1.29, 1.82) is 0 Å². The van der Waals surface area contributed by atoms with Gasteiger partial charge in [-0.15, -0.1) is 0 Å². The number of alkyl carbamates (subject to hydrolysis) is 1. The van der Waals surface area contributed by atoms with Crippen molar-refractivity contribution < 1.29 is 14.5 Å². The van der Waals surface area contributed by atoms with Crippen LogP contribution in [0.4, 0.5) is 10.5 Å². The summed E-state index contributed by atoms with van der Waals surface area (Å²) in [4.78, 5) is 25.5. The quantitative estimate of drug-likeness (QED) is 0.390. The molecule has 1 aromatic heterocycles. The molecule has 0 aliphatic carbocycles. The average molecular weight is 326 g/mol. The molecule has 7 nitrogen and oxygen atoms in total. The Morgan fingerprint density at radius 2 is 2.18 bits per heavy atom. The molecule has 0 bridgehead atoms. The number of aryl methyl sites for hydroxylation is 1. The fourth-order valence-electron chi connectivity index (χ4n) is 1.41. The Morgan fingerprint density at radius 1 is 1.55 bits per heavy atom. The van der Waals surface area contributed by atoms with Gasteiger partial charge in [-0.1, -0.05) is 23.4 Å². The number of amides is 1. The Bertz CT molecular complexity index is 657. The summed E-state index contributed by atoms with van der Waals surface area (Å²) < 4.78 is 5.03. The highest BCUT2D eigenvalue weighted by Gasteiger charge is 2.16. The van der Waals surface area contributed by atoms with Gasteiger partial charge in [0.05, 0.1) is 17.0 Å². The van der Waals surface area contributed by atoms with Crippen molar-refractivity contribution in [2.75, 3.05) is 6.54 Å². The van der Waals surface area contributed by atoms with Gasteiger partial charge in [0.1, 0.15) is 16.4 Å². The second kappa shape index (κ2) is 7.09. The SMILES string of the molecule is Cc1nc(Cl)c(C#CCNC(=O)OC(C)(C)C)cc1[N+](=O)[O-]. The molecule has 8 heteroatoms. The van der Waals surface area contributed by atoms with E-state index in [4.69, 9.17) is 16.3 Å². The van der Waals surface area contributed by atoms with Crippen molar-refractivity contribution in [2.24, 2.45) is 0 Å². The minimum absolute atomic E-state index is 0.0208. The van der Waals surface area contributed by atoms with E-state index in [1.165, 1.54) is 13.0 Å². The molecule has 1 aromatic rings. The number of carbonyl (C=O) groups excluding carboxylic acids is 1. The zero-order chi connectivity index (χ0) is 16.9. The predicted octanol–water partition coefficient (Wildman–Crippen LogP) is 2.83. The van der Waals surface area contributed by atoms with Crippen LogP contribution in [0.1, 0.15) is 32.0 Å². The fraction of sp³-hybridized carbons (Fsp3) is 0.429. The standard InChI is InChI=1S/C14H16ClN3O4/c1-9-11(18(20)21)8-10(12(15)17-9)6-5-7-16-13(19)22-14(2,3)4/h8H,7H2,1-4H3,(H,16,19). The maximum atomic E-state index is 11.4. The summed E-state index contributed by atoms with van der Waals surface area (Å²) in [6, 6.07) is 1.26. The van der Waals surface area contributed by atoms with Crippen molar-refractivity contribution >= 4 is 23.4 Å². The molecule has 1 rings (SSSR count). The van der Waals surface area contributed by atoms with Crippen LogP contribution in [-0.4, -0.2) is 28.1 Å². The number of carbonyl (C=O) groups is 1. The van der Waals surface area contributed by atoms with Crippen molar-refractivity contribution in [2.45, 2.75) is 33.3 Å². The molecule has 0 aromatic carbocycles. The molecular weight excluding hydrogens is 310 g/mol. The fourth-order valence-corrected chi connectivity index (χ4v) is 1.64. The molecule has 22 heavy (non-hydrogen) atoms. The number of nitrogens with zero attached hydrogens (tertiary/aromatic N) is 2. The van der Waals surface area contributed by atoms with Gasteiger partial charge < -0.3 is 10.1 Å². The van der Waals surface area contributed by atoms with Gasteiger partial charge in [0.25, 0.3) is 5.69 Å². The number of hydrogen-bond acceptors (Lipinski definition) is 5. The third-order valence-corrected chi connectivity index (χ3v) is 2.57. The second-order valence-corrected chi connectivity index (χ2v) is 5.70. The average Bonchev–Trinajstić information content (AvgIpc) is 2.33. The first-order valence-electron chi connectivity index (χ1n) is 6.37. The van der Waals surface area contributed by atoms with E-state index in [9.17, 15) is 14.9 Å². The summed E-state index contributed by atoms with van der Waals surface area (Å²) in [5.41, 5.74) is -0.311. The maximum absolute atomic E-state index is 11.4. The number of rotatable bonds is 2. The van der Waals surface area contributed by atoms with Crippen molar-refractivity contribution in [3.63, 3.8) is 0 Å². The lowest BCUT2D eigenvalue weighted by atomic mass is 10.2. The van der Waals surface area contributed by atoms with E-state index in [0.717, 1.165) is 0 Å². The van der Waals surface area contributed by atoms with Crippen LogP contribution in [0, 0.1) is 28.9 Å². The Labute approximate surface area is 133 Å². The first-order valence-corrected chi connectivity index (χ1v) is 6.75. The van der Waals surface area contributed by atoms with Crippen molar-refractivity contribution in [3.05, 3.63) is 32.6 Å². The first kappa shape index (κ1) is 17.7. The predicted molar refractivity (Wildman–Crippen MR) is 81.8 cm³/mol. The molecule has 0 aliphatic heterocycles. The molecular formula is C14H16ClN3O4. The molecule has 118 valence electrons. The van der Waals surface area contributed by atoms with E-state index in [2.05, 4.69) is 22.1 Å². The normalized spacial score (nSPS) is 10.4. The number of halogens is 1. The number of aromatic nitrogens is 1. The smallest absolute Gasteiger partial charge is 0.408 e. The number of nitrogens with one attached hydrogen (secondary N) is 1. The molecule has 0 aliphatic rings. The highest BCUT2D eigenvalue weighted by molar-refractivity contribution is 6.30. The number of ether oxygens (including phenoxy) is 1. The highest BCUT2D eigenvalue weighted by Crippen LogP contribution is 2.22. The lowest BCUT2D eigenvalue weighted by Gasteiger charge is -2.18. The third-order valence-electron chi connectivity index (χ3n) is 2.28. The number of hydrogen-bond donors (Lipinski definition) is 1. The summed E-state index contributed by atoms with van der Waals surface area (Å²) in [6.07, 6.45) is -0.596. The summed E-state index contributed by atoms with van der Waals surface area (Å²) in [5, 5.41) is 13.4. The van der Waals surface area contributed by atoms with Gasteiger partial charge in [0.2, 0.25) is 0 Å². The van der Waals surface area contributed by atoms with Crippen LogP contribution in [0.15, 0.2) is 6.07 Å². The Hall–Kier alpha value is -2.33. The van der Waals surface area contributed by atoms with Crippen LogP contribution < -0.4 is 5.32 Å². The molecule has 0 radical (unpaired) electrons. The van der Waals surface area contributed by atoms with Crippen LogP contribution in [-0.2, 0) is 4.74 Å². The summed E-state index contributed by atoms with van der Waals surface area (Å²) in [6.45, 7) is 6.75. The van der Waals surface area contributed by atoms with E-state index >= 15 is 0 Å². The van der Waals surface area contributed by atoms with Gasteiger partial charge >= 0.3 is 6.09 Å². The number of pyridine rings is 1. The third kappa shape index (κ3) is 5.58. The molecule has 0 atom stereocenters. The molecule has 0 saturated carbocycles. The van der Waals surface area contributed by atoms with Crippen LogP contribution in [0.5, 0.6) is 0 Å². The highest BCUT2D eigenvalue weighted by atomic mass is 35.5. The zero-order valence-corrected chi connectivity index (χ0v) is 13.4. The van der Waals surface area contributed by atoms with Gasteiger partial charge in [-0.05, 0) is 27.7 Å². The van der Waals surface area contributed by atoms with Gasteiger partial charge in [-0.3, -0.25) is 10.1 Å². The minimum atomic E-state index is -0.596. The lowest BCUT2D eigenvalue weighted by Crippen LogP contribution is -2.32. The first-order chi connectivity index (χ1) is 10.1. The van der Waals surface area contributed by atoms with Gasteiger partial charge in [-0.25, -0.2) is 9.78 Å². The zero-order valence-electron chi connectivity index (χ0n) is 12.7. The Morgan fingerprint density at radius 3 is 2.73 bits per heavy atom. The minimum Gasteiger partial charge on any atom is -0.444 e. The molecule has 1 N–H and O–H groups in total. The summed E-state index contributed by atoms with van der Waals surface area (Å²) in [5.74, 6) is 5.27. The van der Waals surface area contributed by atoms with E-state index in [1.54, 1.807) is 20.8 Å². The van der Waals surface area contributed by atoms with Crippen LogP contribution in [0.3, 0.4) is 0 Å². The lowest BCUT2D eigenvalue weighted by molar-refractivity contribution is -0.385. The second-order valence-electron chi connectivity index (χ2n) is 5.35. The van der Waals surface area contributed by atoms with E-state index in [1.807, 2.05) is 0 Å².